The van der Waals surface area contributed by atoms with Crippen molar-refractivity contribution in [3.05, 3.63) is 38.3 Å². The van der Waals surface area contributed by atoms with Crippen LogP contribution in [0.2, 0.25) is 0 Å². The molecule has 0 saturated carbocycles. The van der Waals surface area contributed by atoms with Crippen LogP contribution >= 0.6 is 15.9 Å². The van der Waals surface area contributed by atoms with Crippen molar-refractivity contribution >= 4 is 27.5 Å². The van der Waals surface area contributed by atoms with Crippen molar-refractivity contribution in [1.29, 1.82) is 0 Å². The van der Waals surface area contributed by atoms with Gasteiger partial charge in [0.15, 0.2) is 0 Å². The summed E-state index contributed by atoms with van der Waals surface area (Å²) in [5.41, 5.74) is -0.0126. The Kier molecular flexibility index (Phi) is 6.56. The smallest absolute Gasteiger partial charge is 0.284 e. The molecule has 1 unspecified atom stereocenters. The zero-order chi connectivity index (χ0) is 15.1. The number of aliphatic hydroxyl groups is 1. The molecule has 0 aliphatic heterocycles. The lowest BCUT2D eigenvalue weighted by Gasteiger charge is -2.17. The Bertz CT molecular complexity index is 489. The molecule has 20 heavy (non-hydrogen) atoms. The monoisotopic (exact) mass is 346 g/mol. The predicted octanol–water partition coefficient (Wildman–Crippen LogP) is 1.48. The minimum absolute atomic E-state index is 0.0928. The van der Waals surface area contributed by atoms with Gasteiger partial charge in [0.25, 0.3) is 11.6 Å². The van der Waals surface area contributed by atoms with Crippen LogP contribution < -0.4 is 5.32 Å². The molecule has 0 bridgehead atoms. The number of nitro benzene ring substituents is 1. The van der Waals surface area contributed by atoms with Crippen molar-refractivity contribution in [2.75, 3.05) is 20.3 Å². The third-order valence-corrected chi connectivity index (χ3v) is 3.43. The molecule has 1 amide bonds. The molecule has 1 rings (SSSR count). The number of methoxy groups -OCH3 is 1. The summed E-state index contributed by atoms with van der Waals surface area (Å²) in [6.45, 7) is 0.156. The van der Waals surface area contributed by atoms with Crippen LogP contribution in [-0.4, -0.2) is 42.3 Å². The number of hydrogen-bond acceptors (Lipinski definition) is 5. The Labute approximate surface area is 124 Å². The van der Waals surface area contributed by atoms with Crippen LogP contribution in [0.5, 0.6) is 0 Å². The summed E-state index contributed by atoms with van der Waals surface area (Å²) in [6.07, 6.45) is 0.339. The lowest BCUT2D eigenvalue weighted by Crippen LogP contribution is -2.38. The van der Waals surface area contributed by atoms with Crippen LogP contribution in [0, 0.1) is 10.1 Å². The second-order valence-electron chi connectivity index (χ2n) is 4.03. The van der Waals surface area contributed by atoms with Gasteiger partial charge in [-0.25, -0.2) is 0 Å². The van der Waals surface area contributed by atoms with E-state index in [1.54, 1.807) is 0 Å². The van der Waals surface area contributed by atoms with Crippen LogP contribution in [0.25, 0.3) is 0 Å². The third-order valence-electron chi connectivity index (χ3n) is 2.60. The van der Waals surface area contributed by atoms with Crippen LogP contribution in [0.3, 0.4) is 0 Å². The first-order valence-corrected chi connectivity index (χ1v) is 6.64. The van der Waals surface area contributed by atoms with Crippen LogP contribution in [0.15, 0.2) is 22.7 Å². The molecule has 0 aliphatic carbocycles. The SMILES string of the molecule is COCC(CCO)NC(=O)c1cccc([N+](=O)[O-])c1Br. The highest BCUT2D eigenvalue weighted by molar-refractivity contribution is 9.10. The number of ether oxygens (including phenoxy) is 1. The molecule has 0 radical (unpaired) electrons. The Hall–Kier alpha value is -1.51. The first kappa shape index (κ1) is 16.5. The average Bonchev–Trinajstić information content (AvgIpc) is 2.39. The second-order valence-corrected chi connectivity index (χ2v) is 4.83. The van der Waals surface area contributed by atoms with E-state index in [0.717, 1.165) is 0 Å². The summed E-state index contributed by atoms with van der Waals surface area (Å²) in [7, 11) is 1.49. The Morgan fingerprint density at radius 1 is 1.60 bits per heavy atom. The van der Waals surface area contributed by atoms with E-state index < -0.39 is 10.8 Å². The maximum atomic E-state index is 12.1. The molecule has 0 aliphatic rings. The zero-order valence-electron chi connectivity index (χ0n) is 10.8. The normalized spacial score (nSPS) is 11.9. The number of benzene rings is 1. The minimum Gasteiger partial charge on any atom is -0.396 e. The summed E-state index contributed by atoms with van der Waals surface area (Å²) in [5.74, 6) is -0.462. The standard InChI is InChI=1S/C12H15BrN2O5/c1-20-7-8(5-6-16)14-12(17)9-3-2-4-10(11(9)13)15(18)19/h2-4,8,16H,5-7H2,1H3,(H,14,17). The molecule has 1 aromatic rings. The third kappa shape index (κ3) is 4.26. The number of nitrogens with zero attached hydrogens (tertiary/aromatic N) is 1. The van der Waals surface area contributed by atoms with Gasteiger partial charge < -0.3 is 15.2 Å². The second kappa shape index (κ2) is 7.93. The highest BCUT2D eigenvalue weighted by atomic mass is 79.9. The fourth-order valence-corrected chi connectivity index (χ4v) is 2.24. The van der Waals surface area contributed by atoms with E-state index in [1.807, 2.05) is 0 Å². The highest BCUT2D eigenvalue weighted by Gasteiger charge is 2.21. The van der Waals surface area contributed by atoms with Gasteiger partial charge in [-0.15, -0.1) is 0 Å². The number of nitro groups is 1. The molecule has 0 heterocycles. The maximum absolute atomic E-state index is 12.1. The largest absolute Gasteiger partial charge is 0.396 e. The number of amides is 1. The van der Waals surface area contributed by atoms with E-state index >= 15 is 0 Å². The van der Waals surface area contributed by atoms with Gasteiger partial charge >= 0.3 is 0 Å². The molecule has 2 N–H and O–H groups in total. The van der Waals surface area contributed by atoms with Gasteiger partial charge in [0.2, 0.25) is 0 Å². The van der Waals surface area contributed by atoms with Crippen molar-refractivity contribution in [1.82, 2.24) is 5.32 Å². The van der Waals surface area contributed by atoms with Crippen molar-refractivity contribution in [3.8, 4) is 0 Å². The number of aliphatic hydroxyl groups excluding tert-OH is 1. The number of carbonyl (C=O) groups is 1. The summed E-state index contributed by atoms with van der Waals surface area (Å²) in [6, 6.07) is 3.87. The van der Waals surface area contributed by atoms with E-state index in [9.17, 15) is 14.9 Å². The molecule has 110 valence electrons. The predicted molar refractivity (Wildman–Crippen MR) is 75.6 cm³/mol. The number of carbonyl (C=O) groups excluding carboxylic acids is 1. The Balaban J connectivity index is 2.91. The Morgan fingerprint density at radius 3 is 2.85 bits per heavy atom. The zero-order valence-corrected chi connectivity index (χ0v) is 12.4. The van der Waals surface area contributed by atoms with Crippen molar-refractivity contribution in [3.63, 3.8) is 0 Å². The van der Waals surface area contributed by atoms with Gasteiger partial charge in [0, 0.05) is 19.8 Å². The van der Waals surface area contributed by atoms with Crippen LogP contribution in [-0.2, 0) is 4.74 Å². The molecule has 0 saturated heterocycles. The molecule has 7 nitrogen and oxygen atoms in total. The van der Waals surface area contributed by atoms with E-state index in [4.69, 9.17) is 9.84 Å². The fraction of sp³-hybridized carbons (Fsp3) is 0.417. The van der Waals surface area contributed by atoms with Gasteiger partial charge in [0.1, 0.15) is 4.47 Å². The van der Waals surface area contributed by atoms with Gasteiger partial charge in [-0.3, -0.25) is 14.9 Å². The number of halogens is 1. The van der Waals surface area contributed by atoms with E-state index in [2.05, 4.69) is 21.2 Å². The number of hydrogen-bond donors (Lipinski definition) is 2. The summed E-state index contributed by atoms with van der Waals surface area (Å²) >= 11 is 3.07. The maximum Gasteiger partial charge on any atom is 0.284 e. The number of nitrogens with one attached hydrogen (secondary N) is 1. The summed E-state index contributed by atoms with van der Waals surface area (Å²) in [5, 5.41) is 22.4. The molecule has 1 atom stereocenters. The van der Waals surface area contributed by atoms with E-state index in [1.165, 1.54) is 25.3 Å². The molecule has 1 aromatic carbocycles. The minimum atomic E-state index is -0.568. The quantitative estimate of drug-likeness (QED) is 0.575. The van der Waals surface area contributed by atoms with Crippen molar-refractivity contribution in [2.45, 2.75) is 12.5 Å². The van der Waals surface area contributed by atoms with Crippen LogP contribution in [0.4, 0.5) is 5.69 Å². The first-order valence-electron chi connectivity index (χ1n) is 5.84. The number of rotatable bonds is 7. The van der Waals surface area contributed by atoms with E-state index in [-0.39, 0.29) is 35.0 Å². The molecule has 8 heteroatoms. The average molecular weight is 347 g/mol. The molecular formula is C12H15BrN2O5. The Morgan fingerprint density at radius 2 is 2.30 bits per heavy atom. The summed E-state index contributed by atoms with van der Waals surface area (Å²) < 4.78 is 5.07. The van der Waals surface area contributed by atoms with Crippen LogP contribution in [0.1, 0.15) is 16.8 Å². The van der Waals surface area contributed by atoms with Gasteiger partial charge in [-0.05, 0) is 28.4 Å². The van der Waals surface area contributed by atoms with E-state index in [0.29, 0.717) is 6.42 Å². The van der Waals surface area contributed by atoms with Crippen molar-refractivity contribution < 1.29 is 19.6 Å². The molecule has 0 aromatic heterocycles. The lowest BCUT2D eigenvalue weighted by atomic mass is 10.1. The molecule has 0 fully saturated rings. The fourth-order valence-electron chi connectivity index (χ4n) is 1.65. The van der Waals surface area contributed by atoms with Gasteiger partial charge in [0.05, 0.1) is 23.1 Å². The summed E-state index contributed by atoms with van der Waals surface area (Å²) in [4.78, 5) is 22.3. The topological polar surface area (TPSA) is 102 Å². The van der Waals surface area contributed by atoms with Gasteiger partial charge in [-0.2, -0.15) is 0 Å². The van der Waals surface area contributed by atoms with Crippen molar-refractivity contribution in [2.24, 2.45) is 0 Å². The molecule has 0 spiro atoms. The lowest BCUT2D eigenvalue weighted by molar-refractivity contribution is -0.385. The highest BCUT2D eigenvalue weighted by Crippen LogP contribution is 2.28. The van der Waals surface area contributed by atoms with Gasteiger partial charge in [-0.1, -0.05) is 6.07 Å². The molecular weight excluding hydrogens is 332 g/mol. The first-order chi connectivity index (χ1) is 9.51.